The number of fused-ring (bicyclic) bond motifs is 1. The zero-order chi connectivity index (χ0) is 22.8. The van der Waals surface area contributed by atoms with Crippen molar-refractivity contribution in [2.24, 2.45) is 7.05 Å². The fraction of sp³-hybridized carbons (Fsp3) is 0.500. The van der Waals surface area contributed by atoms with E-state index in [9.17, 15) is 0 Å². The number of ether oxygens (including phenoxy) is 1. The molecule has 0 aliphatic rings. The third-order valence-electron chi connectivity index (χ3n) is 4.49. The van der Waals surface area contributed by atoms with Crippen LogP contribution in [0.1, 0.15) is 37.4 Å². The molecule has 0 bridgehead atoms. The fourth-order valence-electron chi connectivity index (χ4n) is 3.14. The molecule has 0 spiro atoms. The highest BCUT2D eigenvalue weighted by Gasteiger charge is 2.17. The van der Waals surface area contributed by atoms with E-state index in [4.69, 9.17) is 26.3 Å². The van der Waals surface area contributed by atoms with Crippen LogP contribution in [0.25, 0.3) is 11.0 Å². The van der Waals surface area contributed by atoms with Gasteiger partial charge in [0.25, 0.3) is 0 Å². The van der Waals surface area contributed by atoms with E-state index in [1.807, 2.05) is 44.0 Å². The van der Waals surface area contributed by atoms with Gasteiger partial charge in [0.05, 0.1) is 24.4 Å². The zero-order valence-electron chi connectivity index (χ0n) is 19.3. The van der Waals surface area contributed by atoms with Crippen LogP contribution in [-0.2, 0) is 26.6 Å². The highest BCUT2D eigenvalue weighted by Crippen LogP contribution is 2.27. The van der Waals surface area contributed by atoms with Crippen LogP contribution in [0.4, 0.5) is 5.82 Å². The number of hydrogen-bond donors (Lipinski definition) is 3. The molecule has 0 saturated heterocycles. The lowest BCUT2D eigenvalue weighted by molar-refractivity contribution is 0.415. The van der Waals surface area contributed by atoms with Crippen LogP contribution in [0.3, 0.4) is 0 Å². The Morgan fingerprint density at radius 3 is 2.48 bits per heavy atom. The Hall–Kier alpha value is -2.42. The number of anilines is 1. The van der Waals surface area contributed by atoms with E-state index in [0.29, 0.717) is 23.9 Å². The van der Waals surface area contributed by atoms with E-state index in [0.717, 1.165) is 53.3 Å². The number of halogens is 1. The van der Waals surface area contributed by atoms with Crippen LogP contribution in [0.2, 0.25) is 5.02 Å². The van der Waals surface area contributed by atoms with Gasteiger partial charge in [-0.05, 0) is 44.8 Å². The van der Waals surface area contributed by atoms with Crippen LogP contribution in [-0.4, -0.2) is 47.5 Å². The Morgan fingerprint density at radius 1 is 1.13 bits per heavy atom. The number of methoxy groups -OCH3 is 1. The van der Waals surface area contributed by atoms with Crippen molar-refractivity contribution < 1.29 is 4.74 Å². The number of aryl methyl sites for hydroxylation is 2. The quantitative estimate of drug-likeness (QED) is 0.462. The molecule has 0 radical (unpaired) electrons. The second kappa shape index (κ2) is 12.4. The van der Waals surface area contributed by atoms with Gasteiger partial charge in [0.15, 0.2) is 5.82 Å². The van der Waals surface area contributed by atoms with Gasteiger partial charge in [-0.25, -0.2) is 9.97 Å². The maximum Gasteiger partial charge on any atom is 0.156 e. The summed E-state index contributed by atoms with van der Waals surface area (Å²) in [7, 11) is 7.29. The summed E-state index contributed by atoms with van der Waals surface area (Å²) in [6.07, 6.45) is 1.91. The summed E-state index contributed by atoms with van der Waals surface area (Å²) in [5.74, 6) is 2.20. The van der Waals surface area contributed by atoms with Crippen molar-refractivity contribution in [2.75, 3.05) is 33.1 Å². The lowest BCUT2D eigenvalue weighted by atomic mass is 10.2. The van der Waals surface area contributed by atoms with Gasteiger partial charge in [0.2, 0.25) is 0 Å². The predicted octanol–water partition coefficient (Wildman–Crippen LogP) is 3.54. The van der Waals surface area contributed by atoms with Crippen molar-refractivity contribution in [3.63, 3.8) is 0 Å². The third-order valence-corrected chi connectivity index (χ3v) is 4.79. The Bertz CT molecular complexity index is 974. The molecule has 0 aliphatic carbocycles. The number of benzene rings is 1. The van der Waals surface area contributed by atoms with E-state index in [1.54, 1.807) is 7.11 Å². The molecule has 3 rings (SSSR count). The van der Waals surface area contributed by atoms with Crippen molar-refractivity contribution >= 4 is 28.5 Å². The summed E-state index contributed by atoms with van der Waals surface area (Å²) in [5.41, 5.74) is 3.89. The summed E-state index contributed by atoms with van der Waals surface area (Å²) >= 11 is 6.25. The molecule has 1 aromatic carbocycles. The van der Waals surface area contributed by atoms with E-state index in [2.05, 4.69) is 34.9 Å². The average Bonchev–Trinajstić information content (AvgIpc) is 3.07. The Morgan fingerprint density at radius 2 is 1.87 bits per heavy atom. The molecule has 3 N–H and O–H groups in total. The van der Waals surface area contributed by atoms with Crippen LogP contribution in [0, 0.1) is 0 Å². The van der Waals surface area contributed by atoms with Crippen molar-refractivity contribution in [3.05, 3.63) is 40.3 Å². The van der Waals surface area contributed by atoms with Gasteiger partial charge in [-0.15, -0.1) is 0 Å². The van der Waals surface area contributed by atoms with Crippen molar-refractivity contribution in [1.29, 1.82) is 0 Å². The van der Waals surface area contributed by atoms with Crippen molar-refractivity contribution in [3.8, 4) is 5.75 Å². The average molecular weight is 448 g/mol. The van der Waals surface area contributed by atoms with Gasteiger partial charge in [-0.2, -0.15) is 5.10 Å². The van der Waals surface area contributed by atoms with Gasteiger partial charge in [-0.3, -0.25) is 4.68 Å². The van der Waals surface area contributed by atoms with Crippen LogP contribution in [0.15, 0.2) is 18.2 Å². The lowest BCUT2D eigenvalue weighted by Gasteiger charge is -2.11. The first-order valence-electron chi connectivity index (χ1n) is 10.6. The predicted molar refractivity (Wildman–Crippen MR) is 128 cm³/mol. The highest BCUT2D eigenvalue weighted by atomic mass is 35.5. The molecule has 0 fully saturated rings. The van der Waals surface area contributed by atoms with Crippen LogP contribution < -0.4 is 20.7 Å². The van der Waals surface area contributed by atoms with Gasteiger partial charge < -0.3 is 20.7 Å². The molecule has 2 heterocycles. The molecule has 0 aliphatic heterocycles. The SMILES string of the molecule is CCCc1nn(C)c2c(NCc3ccc(OC)c(Cl)c3)nc(CNCC)nc12.CNC. The standard InChI is InChI=1S/C20H27ClN6O.C2H7N/c1-5-7-15-18-19(27(3)26-15)20(25-17(24-18)12-22-6-2)23-11-13-8-9-16(28-4)14(21)10-13;1-3-2/h8-10,22H,5-7,11-12H2,1-4H3,(H,23,24,25);3H,1-2H3. The lowest BCUT2D eigenvalue weighted by Crippen LogP contribution is -2.16. The topological polar surface area (TPSA) is 88.9 Å². The summed E-state index contributed by atoms with van der Waals surface area (Å²) in [4.78, 5) is 9.51. The molecule has 9 heteroatoms. The second-order valence-electron chi connectivity index (χ2n) is 7.11. The smallest absolute Gasteiger partial charge is 0.156 e. The Labute approximate surface area is 189 Å². The van der Waals surface area contributed by atoms with Crippen molar-refractivity contribution in [2.45, 2.75) is 39.8 Å². The highest BCUT2D eigenvalue weighted by molar-refractivity contribution is 6.32. The largest absolute Gasteiger partial charge is 0.495 e. The van der Waals surface area contributed by atoms with Gasteiger partial charge >= 0.3 is 0 Å². The van der Waals surface area contributed by atoms with Gasteiger partial charge in [0.1, 0.15) is 22.6 Å². The summed E-state index contributed by atoms with van der Waals surface area (Å²) in [6, 6.07) is 5.76. The molecule has 0 amide bonds. The number of aromatic nitrogens is 4. The monoisotopic (exact) mass is 447 g/mol. The number of rotatable bonds is 9. The number of nitrogens with zero attached hydrogens (tertiary/aromatic N) is 4. The third kappa shape index (κ3) is 6.53. The summed E-state index contributed by atoms with van der Waals surface area (Å²) in [6.45, 7) is 6.29. The Kier molecular flexibility index (Phi) is 9.97. The Balaban J connectivity index is 0.00000107. The molecule has 3 aromatic rings. The number of hydrogen-bond acceptors (Lipinski definition) is 7. The van der Waals surface area contributed by atoms with Crippen LogP contribution >= 0.6 is 11.6 Å². The first-order valence-corrected chi connectivity index (χ1v) is 10.9. The van der Waals surface area contributed by atoms with E-state index >= 15 is 0 Å². The zero-order valence-corrected chi connectivity index (χ0v) is 20.1. The molecule has 0 saturated carbocycles. The fourth-order valence-corrected chi connectivity index (χ4v) is 3.42. The number of nitrogens with one attached hydrogen (secondary N) is 3. The molecular formula is C22H34ClN7O. The normalized spacial score (nSPS) is 10.7. The molecule has 8 nitrogen and oxygen atoms in total. The maximum absolute atomic E-state index is 6.25. The second-order valence-corrected chi connectivity index (χ2v) is 7.52. The van der Waals surface area contributed by atoms with Crippen LogP contribution in [0.5, 0.6) is 5.75 Å². The molecule has 170 valence electrons. The van der Waals surface area contributed by atoms with Crippen molar-refractivity contribution in [1.82, 2.24) is 30.4 Å². The molecular weight excluding hydrogens is 414 g/mol. The first kappa shape index (κ1) is 24.8. The molecule has 0 unspecified atom stereocenters. The minimum absolute atomic E-state index is 0.588. The van der Waals surface area contributed by atoms with E-state index in [-0.39, 0.29) is 0 Å². The summed E-state index contributed by atoms with van der Waals surface area (Å²) < 4.78 is 7.09. The molecule has 31 heavy (non-hydrogen) atoms. The van der Waals surface area contributed by atoms with E-state index in [1.165, 1.54) is 0 Å². The molecule has 2 aromatic heterocycles. The molecule has 0 atom stereocenters. The van der Waals surface area contributed by atoms with Gasteiger partial charge in [-0.1, -0.05) is 37.9 Å². The van der Waals surface area contributed by atoms with E-state index < -0.39 is 0 Å². The maximum atomic E-state index is 6.25. The minimum Gasteiger partial charge on any atom is -0.495 e. The first-order chi connectivity index (χ1) is 15.0. The summed E-state index contributed by atoms with van der Waals surface area (Å²) in [5, 5.41) is 14.8. The minimum atomic E-state index is 0.588. The van der Waals surface area contributed by atoms with Gasteiger partial charge in [0, 0.05) is 13.6 Å².